The number of rotatable bonds is 5. The molecular formula is C16H23N3O3. The summed E-state index contributed by atoms with van der Waals surface area (Å²) in [5, 5.41) is 2.77. The summed E-state index contributed by atoms with van der Waals surface area (Å²) in [6, 6.07) is 9.17. The van der Waals surface area contributed by atoms with Crippen LogP contribution < -0.4 is 11.1 Å². The number of benzene rings is 1. The minimum Gasteiger partial charge on any atom is -0.381 e. The molecule has 0 bridgehead atoms. The molecule has 0 atom stereocenters. The van der Waals surface area contributed by atoms with Crippen molar-refractivity contribution < 1.29 is 14.3 Å². The second-order valence-electron chi connectivity index (χ2n) is 5.67. The monoisotopic (exact) mass is 305 g/mol. The maximum absolute atomic E-state index is 12.6. The van der Waals surface area contributed by atoms with E-state index < -0.39 is 5.41 Å². The van der Waals surface area contributed by atoms with Gasteiger partial charge in [-0.2, -0.15) is 0 Å². The molecule has 0 unspecified atom stereocenters. The molecule has 120 valence electrons. The smallest absolute Gasteiger partial charge is 0.243 e. The molecule has 2 amide bonds. The van der Waals surface area contributed by atoms with E-state index in [9.17, 15) is 9.59 Å². The van der Waals surface area contributed by atoms with Crippen molar-refractivity contribution in [3.8, 4) is 0 Å². The summed E-state index contributed by atoms with van der Waals surface area (Å²) in [6.45, 7) is 1.36. The van der Waals surface area contributed by atoms with Gasteiger partial charge in [-0.1, -0.05) is 18.2 Å². The SMILES string of the molecule is CN(CC(=O)Nc1ccccc1)C(=O)C1(CN)CCOCC1. The van der Waals surface area contributed by atoms with Gasteiger partial charge < -0.3 is 20.7 Å². The molecule has 0 radical (unpaired) electrons. The number of nitrogens with zero attached hydrogens (tertiary/aromatic N) is 1. The van der Waals surface area contributed by atoms with Gasteiger partial charge in [-0.3, -0.25) is 9.59 Å². The van der Waals surface area contributed by atoms with Gasteiger partial charge in [0.05, 0.1) is 12.0 Å². The molecule has 1 aliphatic heterocycles. The van der Waals surface area contributed by atoms with Crippen LogP contribution in [0.1, 0.15) is 12.8 Å². The predicted molar refractivity (Wildman–Crippen MR) is 84.2 cm³/mol. The fourth-order valence-corrected chi connectivity index (χ4v) is 2.68. The van der Waals surface area contributed by atoms with Crippen molar-refractivity contribution in [1.82, 2.24) is 4.90 Å². The van der Waals surface area contributed by atoms with Crippen LogP contribution in [0.3, 0.4) is 0 Å². The van der Waals surface area contributed by atoms with Gasteiger partial charge >= 0.3 is 0 Å². The number of nitrogens with one attached hydrogen (secondary N) is 1. The highest BCUT2D eigenvalue weighted by Gasteiger charge is 2.40. The van der Waals surface area contributed by atoms with Crippen LogP contribution in [0.2, 0.25) is 0 Å². The Morgan fingerprint density at radius 2 is 1.91 bits per heavy atom. The summed E-state index contributed by atoms with van der Waals surface area (Å²) in [5.74, 6) is -0.303. The number of amides is 2. The minimum absolute atomic E-state index is 0.0103. The molecule has 1 aromatic rings. The molecular weight excluding hydrogens is 282 g/mol. The molecule has 0 spiro atoms. The lowest BCUT2D eigenvalue weighted by molar-refractivity contribution is -0.147. The minimum atomic E-state index is -0.597. The molecule has 2 rings (SSSR count). The van der Waals surface area contributed by atoms with Crippen molar-refractivity contribution in [3.05, 3.63) is 30.3 Å². The number of likely N-dealkylation sites (N-methyl/N-ethyl adjacent to an activating group) is 1. The molecule has 0 aromatic heterocycles. The standard InChI is InChI=1S/C16H23N3O3/c1-19(11-14(20)18-13-5-3-2-4-6-13)15(21)16(12-17)7-9-22-10-8-16/h2-6H,7-12,17H2,1H3,(H,18,20). The third kappa shape index (κ3) is 3.84. The zero-order chi connectivity index (χ0) is 16.0. The normalized spacial score (nSPS) is 16.8. The van der Waals surface area contributed by atoms with E-state index in [0.29, 0.717) is 31.7 Å². The maximum atomic E-state index is 12.6. The zero-order valence-electron chi connectivity index (χ0n) is 12.9. The number of anilines is 1. The van der Waals surface area contributed by atoms with Crippen LogP contribution in [0, 0.1) is 5.41 Å². The Kier molecular flexibility index (Phi) is 5.51. The van der Waals surface area contributed by atoms with Gasteiger partial charge in [0.1, 0.15) is 0 Å². The van der Waals surface area contributed by atoms with Gasteiger partial charge in [0, 0.05) is 32.5 Å². The second kappa shape index (κ2) is 7.38. The molecule has 1 fully saturated rings. The molecule has 1 aliphatic rings. The summed E-state index contributed by atoms with van der Waals surface area (Å²) in [5.41, 5.74) is 5.95. The Morgan fingerprint density at radius 3 is 2.50 bits per heavy atom. The van der Waals surface area contributed by atoms with Crippen LogP contribution in [-0.4, -0.2) is 50.1 Å². The van der Waals surface area contributed by atoms with E-state index in [4.69, 9.17) is 10.5 Å². The first-order valence-corrected chi connectivity index (χ1v) is 7.46. The number of carbonyl (C=O) groups excluding carboxylic acids is 2. The van der Waals surface area contributed by atoms with Gasteiger partial charge in [0.15, 0.2) is 0 Å². The van der Waals surface area contributed by atoms with E-state index in [-0.39, 0.29) is 24.9 Å². The average molecular weight is 305 g/mol. The van der Waals surface area contributed by atoms with Gasteiger partial charge in [-0.25, -0.2) is 0 Å². The van der Waals surface area contributed by atoms with Crippen molar-refractivity contribution in [3.63, 3.8) is 0 Å². The van der Waals surface area contributed by atoms with Crippen molar-refractivity contribution in [1.29, 1.82) is 0 Å². The number of carbonyl (C=O) groups is 2. The summed E-state index contributed by atoms with van der Waals surface area (Å²) < 4.78 is 5.31. The van der Waals surface area contributed by atoms with Crippen molar-refractivity contribution in [2.24, 2.45) is 11.1 Å². The van der Waals surface area contributed by atoms with Crippen LogP contribution in [0.15, 0.2) is 30.3 Å². The Morgan fingerprint density at radius 1 is 1.27 bits per heavy atom. The largest absolute Gasteiger partial charge is 0.381 e. The van der Waals surface area contributed by atoms with Crippen molar-refractivity contribution >= 4 is 17.5 Å². The van der Waals surface area contributed by atoms with Gasteiger partial charge in [-0.15, -0.1) is 0 Å². The van der Waals surface area contributed by atoms with Gasteiger partial charge in [0.2, 0.25) is 11.8 Å². The van der Waals surface area contributed by atoms with E-state index >= 15 is 0 Å². The number of hydrogen-bond acceptors (Lipinski definition) is 4. The lowest BCUT2D eigenvalue weighted by atomic mass is 9.79. The number of ether oxygens (including phenoxy) is 1. The highest BCUT2D eigenvalue weighted by Crippen LogP contribution is 2.31. The summed E-state index contributed by atoms with van der Waals surface area (Å²) in [7, 11) is 1.64. The number of hydrogen-bond donors (Lipinski definition) is 2. The van der Waals surface area contributed by atoms with Crippen LogP contribution in [0.4, 0.5) is 5.69 Å². The quantitative estimate of drug-likeness (QED) is 0.844. The molecule has 6 nitrogen and oxygen atoms in total. The lowest BCUT2D eigenvalue weighted by Gasteiger charge is -2.37. The van der Waals surface area contributed by atoms with Crippen LogP contribution in [-0.2, 0) is 14.3 Å². The van der Waals surface area contributed by atoms with E-state index in [1.165, 1.54) is 4.90 Å². The van der Waals surface area contributed by atoms with E-state index in [2.05, 4.69) is 5.32 Å². The van der Waals surface area contributed by atoms with Gasteiger partial charge in [0.25, 0.3) is 0 Å². The third-order valence-electron chi connectivity index (χ3n) is 4.08. The number of para-hydroxylation sites is 1. The average Bonchev–Trinajstić information content (AvgIpc) is 2.55. The Labute approximate surface area is 130 Å². The van der Waals surface area contributed by atoms with Crippen molar-refractivity contribution in [2.75, 3.05) is 38.7 Å². The second-order valence-corrected chi connectivity index (χ2v) is 5.67. The van der Waals surface area contributed by atoms with Crippen LogP contribution >= 0.6 is 0 Å². The highest BCUT2D eigenvalue weighted by atomic mass is 16.5. The first kappa shape index (κ1) is 16.5. The van der Waals surface area contributed by atoms with E-state index in [1.807, 2.05) is 18.2 Å². The third-order valence-corrected chi connectivity index (χ3v) is 4.08. The highest BCUT2D eigenvalue weighted by molar-refractivity contribution is 5.95. The Hall–Kier alpha value is -1.92. The molecule has 22 heavy (non-hydrogen) atoms. The molecule has 1 saturated heterocycles. The maximum Gasteiger partial charge on any atom is 0.243 e. The Balaban J connectivity index is 1.94. The first-order chi connectivity index (χ1) is 10.6. The summed E-state index contributed by atoms with van der Waals surface area (Å²) in [4.78, 5) is 26.1. The van der Waals surface area contributed by atoms with E-state index in [0.717, 1.165) is 0 Å². The predicted octanol–water partition coefficient (Wildman–Crippen LogP) is 0.839. The molecule has 0 aliphatic carbocycles. The Bertz CT molecular complexity index is 513. The topological polar surface area (TPSA) is 84.7 Å². The van der Waals surface area contributed by atoms with E-state index in [1.54, 1.807) is 19.2 Å². The molecule has 3 N–H and O–H groups in total. The lowest BCUT2D eigenvalue weighted by Crippen LogP contribution is -2.51. The molecule has 1 heterocycles. The molecule has 6 heteroatoms. The zero-order valence-corrected chi connectivity index (χ0v) is 12.9. The molecule has 1 aromatic carbocycles. The van der Waals surface area contributed by atoms with Crippen molar-refractivity contribution in [2.45, 2.75) is 12.8 Å². The fraction of sp³-hybridized carbons (Fsp3) is 0.500. The number of nitrogens with two attached hydrogens (primary N) is 1. The van der Waals surface area contributed by atoms with Crippen LogP contribution in [0.25, 0.3) is 0 Å². The summed E-state index contributed by atoms with van der Waals surface area (Å²) in [6.07, 6.45) is 1.21. The molecule has 0 saturated carbocycles. The van der Waals surface area contributed by atoms with Gasteiger partial charge in [-0.05, 0) is 25.0 Å². The first-order valence-electron chi connectivity index (χ1n) is 7.46. The summed E-state index contributed by atoms with van der Waals surface area (Å²) >= 11 is 0. The van der Waals surface area contributed by atoms with Crippen LogP contribution in [0.5, 0.6) is 0 Å². The fourth-order valence-electron chi connectivity index (χ4n) is 2.68.